The van der Waals surface area contributed by atoms with Gasteiger partial charge in [0.2, 0.25) is 0 Å². The number of rotatable bonds is 12. The topological polar surface area (TPSA) is 0 Å². The van der Waals surface area contributed by atoms with Crippen LogP contribution in [0.3, 0.4) is 0 Å². The van der Waals surface area contributed by atoms with Crippen LogP contribution >= 0.6 is 0 Å². The van der Waals surface area contributed by atoms with E-state index in [-0.39, 0.29) is 59.4 Å². The predicted octanol–water partition coefficient (Wildman–Crippen LogP) is 5.87. The molecule has 0 bridgehead atoms. The fourth-order valence-corrected chi connectivity index (χ4v) is 9.77. The van der Waals surface area contributed by atoms with E-state index < -0.39 is 0 Å². The molecule has 0 aromatic heterocycles. The van der Waals surface area contributed by atoms with Gasteiger partial charge in [0.05, 0.1) is 0 Å². The van der Waals surface area contributed by atoms with E-state index in [1.165, 1.54) is 51.4 Å². The van der Waals surface area contributed by atoms with Gasteiger partial charge in [-0.25, -0.2) is 0 Å². The number of hydrogen-bond donors (Lipinski definition) is 0. The van der Waals surface area contributed by atoms with Crippen LogP contribution in [0.25, 0.3) is 0 Å². The average molecular weight is 545 g/mol. The SMILES string of the molecule is CCC[CH2][Sn][CH2]CCC.CCC[CH2][Sn][CH2]CCC.[Se]. The molecule has 0 N–H and O–H groups in total. The van der Waals surface area contributed by atoms with E-state index in [9.17, 15) is 0 Å². The molecule has 0 unspecified atom stereocenters. The molecule has 0 aromatic carbocycles. The summed E-state index contributed by atoms with van der Waals surface area (Å²) < 4.78 is 6.50. The maximum absolute atomic E-state index is 2.29. The van der Waals surface area contributed by atoms with Crippen LogP contribution in [-0.4, -0.2) is 59.4 Å². The Labute approximate surface area is 155 Å². The smallest absolute Gasteiger partial charge is 0 e. The second-order valence-corrected chi connectivity index (χ2v) is 13.5. The fraction of sp³-hybridized carbons (Fsp3) is 1.00. The van der Waals surface area contributed by atoms with Gasteiger partial charge in [0, 0.05) is 17.1 Å². The summed E-state index contributed by atoms with van der Waals surface area (Å²) in [5.41, 5.74) is 0. The monoisotopic (exact) mass is 548 g/mol. The van der Waals surface area contributed by atoms with E-state index in [0.29, 0.717) is 0 Å². The molecular weight excluding hydrogens is 509 g/mol. The van der Waals surface area contributed by atoms with Crippen LogP contribution in [0, 0.1) is 0 Å². The van der Waals surface area contributed by atoms with Crippen molar-refractivity contribution in [3.05, 3.63) is 0 Å². The van der Waals surface area contributed by atoms with E-state index in [4.69, 9.17) is 0 Å². The first-order chi connectivity index (χ1) is 8.83. The van der Waals surface area contributed by atoms with Crippen LogP contribution in [-0.2, 0) is 0 Å². The van der Waals surface area contributed by atoms with Crippen LogP contribution in [0.2, 0.25) is 17.7 Å². The minimum Gasteiger partial charge on any atom is 0 e. The summed E-state index contributed by atoms with van der Waals surface area (Å²) in [5, 5.41) is 0. The quantitative estimate of drug-likeness (QED) is 0.213. The van der Waals surface area contributed by atoms with Crippen molar-refractivity contribution < 1.29 is 0 Å². The zero-order valence-corrected chi connectivity index (χ0v) is 21.3. The van der Waals surface area contributed by atoms with Gasteiger partial charge in [-0.1, -0.05) is 0 Å². The van der Waals surface area contributed by atoms with E-state index in [1.54, 1.807) is 17.7 Å². The fourth-order valence-electron chi connectivity index (χ4n) is 1.46. The summed E-state index contributed by atoms with van der Waals surface area (Å²) in [5.74, 6) is 0. The Hall–Kier alpha value is 2.12. The molecule has 0 atom stereocenters. The first-order valence-electron chi connectivity index (χ1n) is 8.24. The zero-order valence-electron chi connectivity index (χ0n) is 13.9. The van der Waals surface area contributed by atoms with Crippen LogP contribution in [0.15, 0.2) is 0 Å². The third-order valence-corrected chi connectivity index (χ3v) is 10.9. The van der Waals surface area contributed by atoms with Crippen molar-refractivity contribution in [3.63, 3.8) is 0 Å². The zero-order chi connectivity index (χ0) is 13.9. The molecule has 0 heterocycles. The molecule has 0 amide bonds. The Kier molecular flexibility index (Phi) is 38.8. The van der Waals surface area contributed by atoms with Crippen molar-refractivity contribution in [1.29, 1.82) is 0 Å². The second-order valence-electron chi connectivity index (χ2n) is 4.91. The van der Waals surface area contributed by atoms with Crippen molar-refractivity contribution in [2.75, 3.05) is 0 Å². The van der Waals surface area contributed by atoms with Gasteiger partial charge in [-0.3, -0.25) is 0 Å². The number of hydrogen-bond acceptors (Lipinski definition) is 0. The van der Waals surface area contributed by atoms with E-state index >= 15 is 0 Å². The molecule has 0 aromatic rings. The minimum absolute atomic E-state index is 0. The molecule has 0 aliphatic heterocycles. The van der Waals surface area contributed by atoms with Gasteiger partial charge >= 0.3 is 139 Å². The third-order valence-electron chi connectivity index (χ3n) is 2.83. The van der Waals surface area contributed by atoms with Gasteiger partial charge in [0.15, 0.2) is 0 Å². The molecule has 0 aliphatic carbocycles. The van der Waals surface area contributed by atoms with Crippen LogP contribution < -0.4 is 0 Å². The van der Waals surface area contributed by atoms with Crippen molar-refractivity contribution in [2.45, 2.75) is 96.8 Å². The van der Waals surface area contributed by atoms with Gasteiger partial charge < -0.3 is 0 Å². The second kappa shape index (κ2) is 28.3. The van der Waals surface area contributed by atoms with Gasteiger partial charge in [0.25, 0.3) is 0 Å². The minimum atomic E-state index is 0. The summed E-state index contributed by atoms with van der Waals surface area (Å²) in [6.45, 7) is 9.16. The van der Waals surface area contributed by atoms with Gasteiger partial charge in [-0.15, -0.1) is 0 Å². The molecule has 19 heavy (non-hydrogen) atoms. The molecule has 0 nitrogen and oxygen atoms in total. The molecule has 6 radical (unpaired) electrons. The Morgan fingerprint density at radius 2 is 0.684 bits per heavy atom. The largest absolute Gasteiger partial charge is 0 e. The average Bonchev–Trinajstić information content (AvgIpc) is 2.39. The molecule has 0 fully saturated rings. The van der Waals surface area contributed by atoms with Crippen molar-refractivity contribution in [1.82, 2.24) is 0 Å². The Balaban J connectivity index is -0.000000256. The molecule has 0 saturated heterocycles. The van der Waals surface area contributed by atoms with Crippen molar-refractivity contribution in [3.8, 4) is 0 Å². The van der Waals surface area contributed by atoms with Crippen LogP contribution in [0.5, 0.6) is 0 Å². The number of unbranched alkanes of at least 4 members (excludes halogenated alkanes) is 4. The molecule has 3 heteroatoms. The van der Waals surface area contributed by atoms with Crippen molar-refractivity contribution in [2.24, 2.45) is 0 Å². The van der Waals surface area contributed by atoms with Gasteiger partial charge in [-0.2, -0.15) is 0 Å². The molecule has 114 valence electrons. The Morgan fingerprint density at radius 3 is 0.842 bits per heavy atom. The molecule has 0 spiro atoms. The first-order valence-corrected chi connectivity index (χ1v) is 16.3. The summed E-state index contributed by atoms with van der Waals surface area (Å²) in [6, 6.07) is 0. The Morgan fingerprint density at radius 1 is 0.474 bits per heavy atom. The molecule has 0 aliphatic rings. The molecule has 0 saturated carbocycles. The summed E-state index contributed by atoms with van der Waals surface area (Å²) in [6.07, 6.45) is 11.7. The third kappa shape index (κ3) is 33.1. The first kappa shape index (κ1) is 26.0. The van der Waals surface area contributed by atoms with E-state index in [1.807, 2.05) is 0 Å². The predicted molar refractivity (Wildman–Crippen MR) is 96.1 cm³/mol. The van der Waals surface area contributed by atoms with Gasteiger partial charge in [0.1, 0.15) is 0 Å². The maximum atomic E-state index is 2.29. The summed E-state index contributed by atoms with van der Waals surface area (Å²) >= 11 is 0.299. The van der Waals surface area contributed by atoms with E-state index in [0.717, 1.165) is 0 Å². The van der Waals surface area contributed by atoms with Gasteiger partial charge in [-0.05, 0) is 0 Å². The summed E-state index contributed by atoms with van der Waals surface area (Å²) in [4.78, 5) is 0. The summed E-state index contributed by atoms with van der Waals surface area (Å²) in [7, 11) is 0. The maximum Gasteiger partial charge on any atom is 0 e. The molecule has 0 rings (SSSR count). The van der Waals surface area contributed by atoms with Crippen LogP contribution in [0.1, 0.15) is 79.1 Å². The van der Waals surface area contributed by atoms with Crippen LogP contribution in [0.4, 0.5) is 0 Å². The van der Waals surface area contributed by atoms with Crippen molar-refractivity contribution >= 4 is 59.4 Å². The molecular formula is C16H36SeSn2. The Bertz CT molecular complexity index is 95.3. The van der Waals surface area contributed by atoms with E-state index in [2.05, 4.69) is 27.7 Å². The standard InChI is InChI=1S/4C4H9.Se.2Sn/c4*1-3-4-2;;;/h4*1,3-4H2,2H3;;;. The normalized spacial score (nSPS) is 9.47.